The number of hydrogen-bond acceptors (Lipinski definition) is 6. The van der Waals surface area contributed by atoms with Gasteiger partial charge in [-0.1, -0.05) is 0 Å². The maximum Gasteiger partial charge on any atom is 0.321 e. The molecule has 0 unspecified atom stereocenters. The lowest BCUT2D eigenvalue weighted by atomic mass is 10.4. The summed E-state index contributed by atoms with van der Waals surface area (Å²) in [6, 6.07) is 4.02. The molecule has 25 heavy (non-hydrogen) atoms. The van der Waals surface area contributed by atoms with Crippen LogP contribution in [0.25, 0.3) is 0 Å². The fraction of sp³-hybridized carbons (Fsp3) is 0.357. The molecule has 0 radical (unpaired) electrons. The Kier molecular flexibility index (Phi) is 7.45. The summed E-state index contributed by atoms with van der Waals surface area (Å²) in [6.45, 7) is -1.54. The van der Waals surface area contributed by atoms with E-state index in [0.717, 1.165) is 29.2 Å². The van der Waals surface area contributed by atoms with Crippen LogP contribution in [-0.2, 0) is 29.1 Å². The van der Waals surface area contributed by atoms with Crippen molar-refractivity contribution in [1.82, 2.24) is 14.9 Å². The molecule has 1 rings (SSSR count). The lowest BCUT2D eigenvalue weighted by Crippen LogP contribution is -2.39. The van der Waals surface area contributed by atoms with Crippen LogP contribution in [0.2, 0.25) is 0 Å². The van der Waals surface area contributed by atoms with Gasteiger partial charge in [-0.05, 0) is 24.3 Å². The van der Waals surface area contributed by atoms with Crippen LogP contribution in [0, 0.1) is 5.82 Å². The van der Waals surface area contributed by atoms with Crippen LogP contribution in [0.3, 0.4) is 0 Å². The highest BCUT2D eigenvalue weighted by Gasteiger charge is 2.18. The smallest absolute Gasteiger partial charge is 0.321 e. The monoisotopic (exact) mass is 375 g/mol. The molecule has 9 nitrogen and oxygen atoms in total. The number of carbonyl (C=O) groups excluding carboxylic acids is 3. The summed E-state index contributed by atoms with van der Waals surface area (Å²) in [5.41, 5.74) is 0. The van der Waals surface area contributed by atoms with Crippen molar-refractivity contribution in [2.24, 2.45) is 0 Å². The molecule has 0 bridgehead atoms. The number of esters is 1. The number of amides is 2. The second-order valence-electron chi connectivity index (χ2n) is 4.86. The van der Waals surface area contributed by atoms with E-state index in [4.69, 9.17) is 0 Å². The van der Waals surface area contributed by atoms with Gasteiger partial charge in [-0.15, -0.1) is 0 Å². The molecule has 0 aromatic heterocycles. The van der Waals surface area contributed by atoms with E-state index < -0.39 is 46.8 Å². The largest absolute Gasteiger partial charge is 0.455 e. The fourth-order valence-electron chi connectivity index (χ4n) is 1.54. The third kappa shape index (κ3) is 6.85. The molecule has 0 heterocycles. The van der Waals surface area contributed by atoms with Gasteiger partial charge in [0.15, 0.2) is 6.61 Å². The number of halogens is 1. The van der Waals surface area contributed by atoms with Gasteiger partial charge in [0.25, 0.3) is 5.91 Å². The Morgan fingerprint density at radius 1 is 1.20 bits per heavy atom. The number of sulfonamides is 1. The minimum absolute atomic E-state index is 0.204. The highest BCUT2D eigenvalue weighted by molar-refractivity contribution is 7.89. The van der Waals surface area contributed by atoms with Crippen molar-refractivity contribution in [3.8, 4) is 0 Å². The van der Waals surface area contributed by atoms with Crippen LogP contribution < -0.4 is 10.0 Å². The van der Waals surface area contributed by atoms with E-state index in [1.807, 2.05) is 4.72 Å². The van der Waals surface area contributed by atoms with Crippen LogP contribution in [0.1, 0.15) is 0 Å². The number of likely N-dealkylation sites (N-methyl/N-ethyl adjacent to an activating group) is 2. The van der Waals surface area contributed by atoms with Crippen molar-refractivity contribution >= 4 is 27.8 Å². The van der Waals surface area contributed by atoms with Crippen molar-refractivity contribution in [2.45, 2.75) is 4.90 Å². The number of carbonyl (C=O) groups is 3. The fourth-order valence-corrected chi connectivity index (χ4v) is 2.51. The Morgan fingerprint density at radius 2 is 1.80 bits per heavy atom. The summed E-state index contributed by atoms with van der Waals surface area (Å²) in [4.78, 5) is 35.1. The first-order valence-electron chi connectivity index (χ1n) is 7.01. The molecule has 0 saturated carbocycles. The second-order valence-corrected chi connectivity index (χ2v) is 6.63. The average molecular weight is 375 g/mol. The van der Waals surface area contributed by atoms with Crippen molar-refractivity contribution in [2.75, 3.05) is 33.8 Å². The highest BCUT2D eigenvalue weighted by Crippen LogP contribution is 2.09. The van der Waals surface area contributed by atoms with Crippen LogP contribution in [-0.4, -0.2) is 64.9 Å². The molecule has 0 spiro atoms. The van der Waals surface area contributed by atoms with E-state index >= 15 is 0 Å². The van der Waals surface area contributed by atoms with Gasteiger partial charge in [0.05, 0.1) is 11.4 Å². The number of ether oxygens (including phenoxy) is 1. The van der Waals surface area contributed by atoms with E-state index in [2.05, 4.69) is 10.1 Å². The molecule has 0 atom stereocenters. The maximum atomic E-state index is 12.8. The van der Waals surface area contributed by atoms with Crippen LogP contribution >= 0.6 is 0 Å². The molecule has 2 N–H and O–H groups in total. The first kappa shape index (κ1) is 20.5. The Bertz CT molecular complexity index is 735. The van der Waals surface area contributed by atoms with Crippen LogP contribution in [0.15, 0.2) is 29.2 Å². The van der Waals surface area contributed by atoms with Gasteiger partial charge >= 0.3 is 5.97 Å². The molecule has 0 fully saturated rings. The molecule has 0 aliphatic carbocycles. The third-order valence-electron chi connectivity index (χ3n) is 2.97. The lowest BCUT2D eigenvalue weighted by molar-refractivity contribution is -0.151. The number of nitrogens with zero attached hydrogens (tertiary/aromatic N) is 1. The van der Waals surface area contributed by atoms with Gasteiger partial charge in [-0.3, -0.25) is 14.4 Å². The third-order valence-corrected chi connectivity index (χ3v) is 4.39. The molecule has 2 amide bonds. The standard InChI is InChI=1S/C14H18FN3O6S/c1-16-12(19)8-18(2)13(20)9-24-14(21)7-17-25(22,23)11-5-3-10(15)4-6-11/h3-6,17H,7-9H2,1-2H3,(H,16,19). The summed E-state index contributed by atoms with van der Waals surface area (Å²) < 4.78 is 43.2. The topological polar surface area (TPSA) is 122 Å². The molecule has 0 saturated heterocycles. The Balaban J connectivity index is 2.45. The molecule has 0 aliphatic rings. The van der Waals surface area contributed by atoms with Gasteiger partial charge in [0, 0.05) is 14.1 Å². The summed E-state index contributed by atoms with van der Waals surface area (Å²) in [7, 11) is -1.25. The molecule has 1 aromatic rings. The summed E-state index contributed by atoms with van der Waals surface area (Å²) in [6.07, 6.45) is 0. The highest BCUT2D eigenvalue weighted by atomic mass is 32.2. The number of benzene rings is 1. The van der Waals surface area contributed by atoms with E-state index in [-0.39, 0.29) is 11.4 Å². The van der Waals surface area contributed by atoms with E-state index in [1.54, 1.807) is 0 Å². The zero-order chi connectivity index (χ0) is 19.0. The second kappa shape index (κ2) is 9.08. The first-order chi connectivity index (χ1) is 11.7. The number of hydrogen-bond donors (Lipinski definition) is 2. The Morgan fingerprint density at radius 3 is 2.36 bits per heavy atom. The average Bonchev–Trinajstić information content (AvgIpc) is 2.58. The summed E-state index contributed by atoms with van der Waals surface area (Å²) >= 11 is 0. The predicted molar refractivity (Wildman–Crippen MR) is 84.3 cm³/mol. The Hall–Kier alpha value is -2.53. The molecule has 138 valence electrons. The predicted octanol–water partition coefficient (Wildman–Crippen LogP) is -1.15. The molecule has 0 aliphatic heterocycles. The maximum absolute atomic E-state index is 12.8. The SMILES string of the molecule is CNC(=O)CN(C)C(=O)COC(=O)CNS(=O)(=O)c1ccc(F)cc1. The minimum atomic E-state index is -4.01. The molecule has 11 heteroatoms. The van der Waals surface area contributed by atoms with Crippen LogP contribution in [0.5, 0.6) is 0 Å². The van der Waals surface area contributed by atoms with Gasteiger partial charge in [0.2, 0.25) is 15.9 Å². The zero-order valence-corrected chi connectivity index (χ0v) is 14.4. The Labute approximate surface area is 144 Å². The number of nitrogens with one attached hydrogen (secondary N) is 2. The van der Waals surface area contributed by atoms with Gasteiger partial charge < -0.3 is 15.0 Å². The van der Waals surface area contributed by atoms with Gasteiger partial charge in [-0.25, -0.2) is 12.8 Å². The normalized spacial score (nSPS) is 10.8. The van der Waals surface area contributed by atoms with Crippen LogP contribution in [0.4, 0.5) is 4.39 Å². The van der Waals surface area contributed by atoms with Crippen molar-refractivity contribution in [3.05, 3.63) is 30.1 Å². The van der Waals surface area contributed by atoms with Crippen molar-refractivity contribution in [1.29, 1.82) is 0 Å². The van der Waals surface area contributed by atoms with Crippen molar-refractivity contribution < 1.29 is 31.9 Å². The first-order valence-corrected chi connectivity index (χ1v) is 8.49. The van der Waals surface area contributed by atoms with E-state index in [9.17, 15) is 27.2 Å². The summed E-state index contributed by atoms with van der Waals surface area (Å²) in [5.74, 6) is -2.60. The summed E-state index contributed by atoms with van der Waals surface area (Å²) in [5, 5.41) is 2.33. The van der Waals surface area contributed by atoms with E-state index in [0.29, 0.717) is 0 Å². The molecule has 1 aromatic carbocycles. The molecular formula is C14H18FN3O6S. The number of rotatable bonds is 8. The zero-order valence-electron chi connectivity index (χ0n) is 13.6. The van der Waals surface area contributed by atoms with Gasteiger partial charge in [-0.2, -0.15) is 4.72 Å². The minimum Gasteiger partial charge on any atom is -0.455 e. The van der Waals surface area contributed by atoms with E-state index in [1.165, 1.54) is 14.1 Å². The van der Waals surface area contributed by atoms with Crippen molar-refractivity contribution in [3.63, 3.8) is 0 Å². The quantitative estimate of drug-likeness (QED) is 0.554. The lowest BCUT2D eigenvalue weighted by Gasteiger charge is -2.16. The van der Waals surface area contributed by atoms with Gasteiger partial charge in [0.1, 0.15) is 12.4 Å². The molecular weight excluding hydrogens is 357 g/mol.